The molecule has 2 aromatic rings. The Morgan fingerprint density at radius 1 is 1.16 bits per heavy atom. The highest BCUT2D eigenvalue weighted by Crippen LogP contribution is 2.30. The third kappa shape index (κ3) is 3.11. The SMILES string of the molecule is NC(=O)c1ccc(Oc2ccc(C=O)cc2)c(Cl)c1. The Hall–Kier alpha value is -2.33. The van der Waals surface area contributed by atoms with Crippen LogP contribution >= 0.6 is 11.6 Å². The predicted molar refractivity (Wildman–Crippen MR) is 71.9 cm³/mol. The maximum absolute atomic E-state index is 11.0. The van der Waals surface area contributed by atoms with Gasteiger partial charge >= 0.3 is 0 Å². The topological polar surface area (TPSA) is 69.4 Å². The van der Waals surface area contributed by atoms with Crippen LogP contribution < -0.4 is 10.5 Å². The van der Waals surface area contributed by atoms with Gasteiger partial charge in [-0.2, -0.15) is 0 Å². The molecule has 2 aromatic carbocycles. The van der Waals surface area contributed by atoms with E-state index in [9.17, 15) is 9.59 Å². The predicted octanol–water partition coefficient (Wildman–Crippen LogP) is 3.04. The average Bonchev–Trinajstić information content (AvgIpc) is 2.41. The molecule has 5 heteroatoms. The van der Waals surface area contributed by atoms with Crippen LogP contribution in [0.4, 0.5) is 0 Å². The Balaban J connectivity index is 2.22. The molecule has 0 spiro atoms. The summed E-state index contributed by atoms with van der Waals surface area (Å²) in [5.41, 5.74) is 6.02. The minimum atomic E-state index is -0.552. The standard InChI is InChI=1S/C14H10ClNO3/c15-12-7-10(14(16)18)3-6-13(12)19-11-4-1-9(8-17)2-5-11/h1-8H,(H2,16,18). The number of benzene rings is 2. The van der Waals surface area contributed by atoms with E-state index in [1.807, 2.05) is 0 Å². The fraction of sp³-hybridized carbons (Fsp3) is 0. The van der Waals surface area contributed by atoms with E-state index in [0.717, 1.165) is 6.29 Å². The molecule has 0 heterocycles. The molecule has 0 radical (unpaired) electrons. The lowest BCUT2D eigenvalue weighted by Gasteiger charge is -2.08. The van der Waals surface area contributed by atoms with Crippen LogP contribution in [0.15, 0.2) is 42.5 Å². The molecule has 2 rings (SSSR count). The van der Waals surface area contributed by atoms with E-state index in [1.165, 1.54) is 12.1 Å². The number of hydrogen-bond acceptors (Lipinski definition) is 3. The maximum Gasteiger partial charge on any atom is 0.248 e. The van der Waals surface area contributed by atoms with Crippen LogP contribution in [0.1, 0.15) is 20.7 Å². The quantitative estimate of drug-likeness (QED) is 0.872. The van der Waals surface area contributed by atoms with E-state index in [0.29, 0.717) is 22.6 Å². The number of rotatable bonds is 4. The Kier molecular flexibility index (Phi) is 3.82. The Bertz CT molecular complexity index is 623. The number of aldehydes is 1. The first kappa shape index (κ1) is 13.1. The van der Waals surface area contributed by atoms with Crippen LogP contribution in [-0.2, 0) is 0 Å². The fourth-order valence-corrected chi connectivity index (χ4v) is 1.70. The second-order valence-electron chi connectivity index (χ2n) is 3.80. The maximum atomic E-state index is 11.0. The lowest BCUT2D eigenvalue weighted by Crippen LogP contribution is -2.10. The molecule has 0 saturated heterocycles. The zero-order valence-electron chi connectivity index (χ0n) is 9.80. The van der Waals surface area contributed by atoms with Gasteiger partial charge in [0.05, 0.1) is 5.02 Å². The molecule has 96 valence electrons. The summed E-state index contributed by atoms with van der Waals surface area (Å²) < 4.78 is 5.54. The zero-order chi connectivity index (χ0) is 13.8. The summed E-state index contributed by atoms with van der Waals surface area (Å²) >= 11 is 5.99. The summed E-state index contributed by atoms with van der Waals surface area (Å²) in [6, 6.07) is 11.1. The normalized spacial score (nSPS) is 9.95. The van der Waals surface area contributed by atoms with Crippen LogP contribution in [0.3, 0.4) is 0 Å². The van der Waals surface area contributed by atoms with Crippen LogP contribution in [-0.4, -0.2) is 12.2 Å². The number of carbonyl (C=O) groups is 2. The third-order valence-corrected chi connectivity index (χ3v) is 2.76. The van der Waals surface area contributed by atoms with Crippen molar-refractivity contribution in [3.8, 4) is 11.5 Å². The van der Waals surface area contributed by atoms with Crippen molar-refractivity contribution in [2.24, 2.45) is 5.73 Å². The van der Waals surface area contributed by atoms with Crippen molar-refractivity contribution in [3.05, 3.63) is 58.6 Å². The first-order valence-electron chi connectivity index (χ1n) is 5.42. The highest BCUT2D eigenvalue weighted by molar-refractivity contribution is 6.32. The summed E-state index contributed by atoms with van der Waals surface area (Å²) in [6.07, 6.45) is 0.748. The average molecular weight is 276 g/mol. The molecule has 0 atom stereocenters. The number of halogens is 1. The van der Waals surface area contributed by atoms with Crippen molar-refractivity contribution in [2.75, 3.05) is 0 Å². The Labute approximate surface area is 114 Å². The molecular formula is C14H10ClNO3. The summed E-state index contributed by atoms with van der Waals surface area (Å²) in [5, 5.41) is 0.288. The van der Waals surface area contributed by atoms with Gasteiger partial charge in [0, 0.05) is 11.1 Å². The van der Waals surface area contributed by atoms with Gasteiger partial charge in [-0.05, 0) is 42.5 Å². The van der Waals surface area contributed by atoms with E-state index >= 15 is 0 Å². The van der Waals surface area contributed by atoms with Crippen LogP contribution in [0.5, 0.6) is 11.5 Å². The number of hydrogen-bond donors (Lipinski definition) is 1. The van der Waals surface area contributed by atoms with Crippen molar-refractivity contribution < 1.29 is 14.3 Å². The number of amides is 1. The molecule has 0 aliphatic heterocycles. The summed E-state index contributed by atoms with van der Waals surface area (Å²) in [5.74, 6) is 0.397. The molecule has 0 unspecified atom stereocenters. The smallest absolute Gasteiger partial charge is 0.248 e. The van der Waals surface area contributed by atoms with Crippen molar-refractivity contribution in [2.45, 2.75) is 0 Å². The van der Waals surface area contributed by atoms with Crippen molar-refractivity contribution in [1.82, 2.24) is 0 Å². The highest BCUT2D eigenvalue weighted by atomic mass is 35.5. The molecule has 0 fully saturated rings. The molecule has 0 aromatic heterocycles. The molecule has 0 aliphatic carbocycles. The van der Waals surface area contributed by atoms with Gasteiger partial charge in [-0.3, -0.25) is 9.59 Å². The van der Waals surface area contributed by atoms with Gasteiger partial charge in [-0.1, -0.05) is 11.6 Å². The van der Waals surface area contributed by atoms with Gasteiger partial charge < -0.3 is 10.5 Å². The van der Waals surface area contributed by atoms with E-state index in [4.69, 9.17) is 22.1 Å². The molecule has 2 N–H and O–H groups in total. The zero-order valence-corrected chi connectivity index (χ0v) is 10.6. The van der Waals surface area contributed by atoms with Gasteiger partial charge in [0.2, 0.25) is 5.91 Å². The molecule has 0 aliphatic rings. The summed E-state index contributed by atoms with van der Waals surface area (Å²) in [6.45, 7) is 0. The molecular weight excluding hydrogens is 266 g/mol. The van der Waals surface area contributed by atoms with Crippen LogP contribution in [0, 0.1) is 0 Å². The van der Waals surface area contributed by atoms with Gasteiger partial charge in [0.1, 0.15) is 17.8 Å². The number of carbonyl (C=O) groups excluding carboxylic acids is 2. The Morgan fingerprint density at radius 3 is 2.37 bits per heavy atom. The van der Waals surface area contributed by atoms with Gasteiger partial charge in [-0.15, -0.1) is 0 Å². The minimum Gasteiger partial charge on any atom is -0.456 e. The number of nitrogens with two attached hydrogens (primary N) is 1. The molecule has 0 saturated carbocycles. The molecule has 4 nitrogen and oxygen atoms in total. The minimum absolute atomic E-state index is 0.288. The van der Waals surface area contributed by atoms with Gasteiger partial charge in [0.25, 0.3) is 0 Å². The van der Waals surface area contributed by atoms with Crippen LogP contribution in [0.2, 0.25) is 5.02 Å². The second kappa shape index (κ2) is 5.54. The lowest BCUT2D eigenvalue weighted by atomic mass is 10.2. The highest BCUT2D eigenvalue weighted by Gasteiger charge is 2.07. The van der Waals surface area contributed by atoms with Crippen molar-refractivity contribution >= 4 is 23.8 Å². The first-order chi connectivity index (χ1) is 9.10. The van der Waals surface area contributed by atoms with E-state index in [2.05, 4.69) is 0 Å². The third-order valence-electron chi connectivity index (χ3n) is 2.46. The summed E-state index contributed by atoms with van der Waals surface area (Å²) in [7, 11) is 0. The molecule has 0 bridgehead atoms. The van der Waals surface area contributed by atoms with E-state index in [-0.39, 0.29) is 5.02 Å². The van der Waals surface area contributed by atoms with Crippen LogP contribution in [0.25, 0.3) is 0 Å². The summed E-state index contributed by atoms with van der Waals surface area (Å²) in [4.78, 5) is 21.5. The largest absolute Gasteiger partial charge is 0.456 e. The van der Waals surface area contributed by atoms with Crippen molar-refractivity contribution in [3.63, 3.8) is 0 Å². The first-order valence-corrected chi connectivity index (χ1v) is 5.80. The second-order valence-corrected chi connectivity index (χ2v) is 4.21. The number of primary amides is 1. The lowest BCUT2D eigenvalue weighted by molar-refractivity contribution is 0.1000. The van der Waals surface area contributed by atoms with Gasteiger partial charge in [-0.25, -0.2) is 0 Å². The van der Waals surface area contributed by atoms with Gasteiger partial charge in [0.15, 0.2) is 0 Å². The van der Waals surface area contributed by atoms with Crippen molar-refractivity contribution in [1.29, 1.82) is 0 Å². The Morgan fingerprint density at radius 2 is 1.84 bits per heavy atom. The number of ether oxygens (including phenoxy) is 1. The molecule has 1 amide bonds. The molecule has 19 heavy (non-hydrogen) atoms. The fourth-order valence-electron chi connectivity index (χ4n) is 1.48. The monoisotopic (exact) mass is 275 g/mol. The van der Waals surface area contributed by atoms with E-state index in [1.54, 1.807) is 30.3 Å². The van der Waals surface area contributed by atoms with E-state index < -0.39 is 5.91 Å².